The summed E-state index contributed by atoms with van der Waals surface area (Å²) in [7, 11) is -1.71. The summed E-state index contributed by atoms with van der Waals surface area (Å²) < 4.78 is 14.9. The molecule has 65 heavy (non-hydrogen) atoms. The van der Waals surface area contributed by atoms with E-state index in [0.29, 0.717) is 0 Å². The molecule has 316 valence electrons. The van der Waals surface area contributed by atoms with Crippen molar-refractivity contribution in [2.45, 2.75) is 64.2 Å². The molecule has 0 fully saturated rings. The molecule has 4 nitrogen and oxygen atoms in total. The van der Waals surface area contributed by atoms with E-state index in [1.807, 2.05) is 0 Å². The van der Waals surface area contributed by atoms with Crippen LogP contribution in [0, 0.1) is 0 Å². The van der Waals surface area contributed by atoms with E-state index in [9.17, 15) is 0 Å². The Balaban J connectivity index is 1.27. The molecule has 0 amide bonds. The first-order chi connectivity index (χ1) is 31.7. The monoisotopic (exact) mass is 859 g/mol. The second-order valence-corrected chi connectivity index (χ2v) is 24.6. The van der Waals surface area contributed by atoms with Gasteiger partial charge in [-0.05, 0) is 89.6 Å². The third-order valence-corrected chi connectivity index (χ3v) is 16.4. The Kier molecular flexibility index (Phi) is 9.12. The van der Waals surface area contributed by atoms with Crippen molar-refractivity contribution in [2.75, 3.05) is 0 Å². The summed E-state index contributed by atoms with van der Waals surface area (Å²) in [5.74, 6) is 1.44. The molecule has 5 heteroatoms. The van der Waals surface area contributed by atoms with Crippen LogP contribution in [-0.2, 0) is 6.42 Å². The number of imidazole rings is 1. The number of allylic oxidation sites excluding steroid dienone is 1. The summed E-state index contributed by atoms with van der Waals surface area (Å²) in [6, 6.07) is 62.8. The van der Waals surface area contributed by atoms with Crippen LogP contribution in [0.4, 0.5) is 0 Å². The average Bonchev–Trinajstić information content (AvgIpc) is 3.89. The Hall–Kier alpha value is -7.08. The molecule has 2 atom stereocenters. The minimum atomic E-state index is -1.71. The number of para-hydroxylation sites is 3. The SMILES string of the molecule is C=C1C2C(CCc3ccc4c(oc5ccccc54)c3-c3n(-c4c(-c5ccccc5)cc(-c5ccccc5)cc4C(C)C)c4ccccc4[n+]31)c1ccccc1-c1ccc([Si](C)(C)C)c[n+]12. The first-order valence-electron chi connectivity index (χ1n) is 23.3. The van der Waals surface area contributed by atoms with Crippen molar-refractivity contribution in [1.29, 1.82) is 0 Å². The van der Waals surface area contributed by atoms with Gasteiger partial charge in [0.2, 0.25) is 11.7 Å². The number of nitrogens with zero attached hydrogens (tertiary/aromatic N) is 3. The molecular weight excluding hydrogens is 807 g/mol. The predicted molar refractivity (Wildman–Crippen MR) is 272 cm³/mol. The van der Waals surface area contributed by atoms with Gasteiger partial charge in [0.25, 0.3) is 0 Å². The second-order valence-electron chi connectivity index (χ2n) is 19.5. The Morgan fingerprint density at radius 1 is 0.677 bits per heavy atom. The molecule has 0 saturated heterocycles. The maximum absolute atomic E-state index is 7.16. The molecule has 3 aromatic heterocycles. The van der Waals surface area contributed by atoms with Gasteiger partial charge in [-0.1, -0.05) is 161 Å². The molecule has 2 aliphatic rings. The molecule has 0 spiro atoms. The lowest BCUT2D eigenvalue weighted by molar-refractivity contribution is -0.723. The molecule has 2 aliphatic heterocycles. The molecule has 7 aromatic carbocycles. The van der Waals surface area contributed by atoms with E-state index in [-0.39, 0.29) is 17.9 Å². The molecule has 0 radical (unpaired) electrons. The van der Waals surface area contributed by atoms with Gasteiger partial charge >= 0.3 is 5.82 Å². The minimum absolute atomic E-state index is 0.0571. The van der Waals surface area contributed by atoms with Crippen molar-refractivity contribution in [3.63, 3.8) is 0 Å². The van der Waals surface area contributed by atoms with Gasteiger partial charge in [-0.2, -0.15) is 13.7 Å². The summed E-state index contributed by atoms with van der Waals surface area (Å²) in [4.78, 5) is 0. The quantitative estimate of drug-likeness (QED) is 0.125. The number of hydrogen-bond acceptors (Lipinski definition) is 1. The molecule has 2 unspecified atom stereocenters. The van der Waals surface area contributed by atoms with E-state index < -0.39 is 8.07 Å². The van der Waals surface area contributed by atoms with Crippen LogP contribution >= 0.6 is 0 Å². The second kappa shape index (κ2) is 15.0. The van der Waals surface area contributed by atoms with Gasteiger partial charge in [-0.3, -0.25) is 0 Å². The molecule has 0 aliphatic carbocycles. The predicted octanol–water partition coefficient (Wildman–Crippen LogP) is 14.2. The fourth-order valence-electron chi connectivity index (χ4n) is 11.2. The van der Waals surface area contributed by atoms with Crippen LogP contribution < -0.4 is 14.3 Å². The van der Waals surface area contributed by atoms with E-state index >= 15 is 0 Å². The fourth-order valence-corrected chi connectivity index (χ4v) is 12.3. The molecular formula is C60H53N3OSi+2. The van der Waals surface area contributed by atoms with E-state index in [0.717, 1.165) is 62.9 Å². The lowest BCUT2D eigenvalue weighted by Gasteiger charge is -2.31. The Morgan fingerprint density at radius 3 is 2.17 bits per heavy atom. The smallest absolute Gasteiger partial charge is 0.304 e. The van der Waals surface area contributed by atoms with E-state index in [1.54, 1.807) is 0 Å². The lowest BCUT2D eigenvalue weighted by Crippen LogP contribution is -2.56. The van der Waals surface area contributed by atoms with Crippen LogP contribution in [-0.4, -0.2) is 12.6 Å². The Labute approximate surface area is 382 Å². The van der Waals surface area contributed by atoms with E-state index in [2.05, 4.69) is 223 Å². The van der Waals surface area contributed by atoms with E-state index in [1.165, 1.54) is 61.1 Å². The maximum atomic E-state index is 7.16. The van der Waals surface area contributed by atoms with Crippen LogP contribution in [0.2, 0.25) is 19.6 Å². The highest BCUT2D eigenvalue weighted by Crippen LogP contribution is 2.49. The lowest BCUT2D eigenvalue weighted by atomic mass is 9.78. The van der Waals surface area contributed by atoms with Gasteiger partial charge in [-0.15, -0.1) is 0 Å². The van der Waals surface area contributed by atoms with Gasteiger partial charge in [0, 0.05) is 38.7 Å². The van der Waals surface area contributed by atoms with Crippen LogP contribution in [0.3, 0.4) is 0 Å². The minimum Gasteiger partial charge on any atom is -0.455 e. The number of rotatable bonds is 5. The van der Waals surface area contributed by atoms with Gasteiger partial charge in [0.05, 0.1) is 14.0 Å². The summed E-state index contributed by atoms with van der Waals surface area (Å²) >= 11 is 0. The fraction of sp³-hybridized carbons (Fsp3) is 0.167. The van der Waals surface area contributed by atoms with Crippen LogP contribution in [0.25, 0.3) is 89.3 Å². The van der Waals surface area contributed by atoms with Gasteiger partial charge in [0.1, 0.15) is 16.8 Å². The molecule has 0 saturated carbocycles. The first-order valence-corrected chi connectivity index (χ1v) is 26.8. The third-order valence-electron chi connectivity index (χ3n) is 14.3. The van der Waals surface area contributed by atoms with Gasteiger partial charge < -0.3 is 4.42 Å². The number of pyridine rings is 1. The highest BCUT2D eigenvalue weighted by atomic mass is 28.3. The number of furan rings is 1. The summed E-state index contributed by atoms with van der Waals surface area (Å²) in [6.45, 7) is 17.3. The Morgan fingerprint density at radius 2 is 1.38 bits per heavy atom. The van der Waals surface area contributed by atoms with Gasteiger partial charge in [-0.25, -0.2) is 0 Å². The molecule has 12 rings (SSSR count). The van der Waals surface area contributed by atoms with Crippen molar-refractivity contribution < 1.29 is 13.6 Å². The van der Waals surface area contributed by atoms with Crippen molar-refractivity contribution >= 4 is 51.9 Å². The third kappa shape index (κ3) is 6.16. The number of aromatic nitrogens is 3. The summed E-state index contributed by atoms with van der Waals surface area (Å²) in [6.07, 6.45) is 4.31. The normalized spacial score (nSPS) is 15.8. The first kappa shape index (κ1) is 39.5. The standard InChI is InChI=1S/C60H53N3OSi/c1-38(2)50-35-43(40-19-9-7-10-20-40)36-51(41-21-11-8-12-22-41)58(50)63-54-27-17-16-26-53(54)62-39(3)57-48(45-23-13-14-24-46(45)52-34-31-44(37-61(52)57)65(4,5)6)32-29-42-30-33-49-47-25-15-18-28-55(47)64-59(49)56(42)60(62)63/h7-28,30-31,33-38,48,57H,3,29,32H2,1-2,4-6H3/q+2. The van der Waals surface area contributed by atoms with Crippen molar-refractivity contribution in [3.8, 4) is 50.6 Å². The largest absolute Gasteiger partial charge is 0.455 e. The summed E-state index contributed by atoms with van der Waals surface area (Å²) in [5.41, 5.74) is 18.7. The Bertz CT molecular complexity index is 3530. The van der Waals surface area contributed by atoms with Crippen LogP contribution in [0.1, 0.15) is 54.8 Å². The zero-order valence-corrected chi connectivity index (χ0v) is 38.8. The maximum Gasteiger partial charge on any atom is 0.304 e. The molecule has 5 heterocycles. The number of benzene rings is 7. The van der Waals surface area contributed by atoms with Crippen molar-refractivity contribution in [2.24, 2.45) is 0 Å². The van der Waals surface area contributed by atoms with Gasteiger partial charge in [0.15, 0.2) is 28.5 Å². The zero-order valence-electron chi connectivity index (χ0n) is 37.8. The number of hydrogen-bond donors (Lipinski definition) is 0. The van der Waals surface area contributed by atoms with Crippen LogP contribution in [0.15, 0.2) is 187 Å². The number of aryl methyl sites for hydroxylation is 1. The molecule has 0 bridgehead atoms. The van der Waals surface area contributed by atoms with Crippen molar-refractivity contribution in [1.82, 2.24) is 4.57 Å². The zero-order chi connectivity index (χ0) is 44.1. The van der Waals surface area contributed by atoms with E-state index in [4.69, 9.17) is 11.0 Å². The summed E-state index contributed by atoms with van der Waals surface area (Å²) in [5, 5.41) is 3.70. The molecule has 0 N–H and O–H groups in total. The van der Waals surface area contributed by atoms with Crippen molar-refractivity contribution in [3.05, 3.63) is 199 Å². The van der Waals surface area contributed by atoms with Crippen LogP contribution in [0.5, 0.6) is 0 Å². The average molecular weight is 860 g/mol. The topological polar surface area (TPSA) is 25.8 Å². The number of fused-ring (bicyclic) bond motifs is 15. The highest BCUT2D eigenvalue weighted by molar-refractivity contribution is 6.88. The highest BCUT2D eigenvalue weighted by Gasteiger charge is 2.48. The molecule has 10 aromatic rings.